The lowest BCUT2D eigenvalue weighted by Gasteiger charge is -2.09. The van der Waals surface area contributed by atoms with Crippen molar-refractivity contribution < 1.29 is 0 Å². The van der Waals surface area contributed by atoms with Gasteiger partial charge in [0.25, 0.3) is 0 Å². The van der Waals surface area contributed by atoms with E-state index >= 15 is 0 Å². The molecule has 1 heterocycles. The lowest BCUT2D eigenvalue weighted by molar-refractivity contribution is 1.26. The Morgan fingerprint density at radius 2 is 1.67 bits per heavy atom. The zero-order chi connectivity index (χ0) is 12.5. The van der Waals surface area contributed by atoms with E-state index < -0.39 is 0 Å². The molecule has 2 heteroatoms. The highest BCUT2D eigenvalue weighted by atomic mass is 16.1. The summed E-state index contributed by atoms with van der Waals surface area (Å²) < 4.78 is 0. The molecule has 18 heavy (non-hydrogen) atoms. The molecule has 0 fully saturated rings. The van der Waals surface area contributed by atoms with Crippen LogP contribution in [0.15, 0.2) is 59.4 Å². The van der Waals surface area contributed by atoms with Crippen LogP contribution < -0.4 is 5.56 Å². The number of nitrogens with one attached hydrogen (secondary N) is 1. The van der Waals surface area contributed by atoms with Gasteiger partial charge in [-0.05, 0) is 17.9 Å². The largest absolute Gasteiger partial charge is 0.321 e. The second kappa shape index (κ2) is 4.15. The van der Waals surface area contributed by atoms with Crippen LogP contribution in [0.4, 0.5) is 0 Å². The van der Waals surface area contributed by atoms with Crippen molar-refractivity contribution in [2.75, 3.05) is 0 Å². The summed E-state index contributed by atoms with van der Waals surface area (Å²) in [7, 11) is 0. The molecular weight excluding hydrogens is 222 g/mol. The lowest BCUT2D eigenvalue weighted by Crippen LogP contribution is -2.05. The van der Waals surface area contributed by atoms with E-state index in [1.165, 1.54) is 0 Å². The molecule has 2 nitrogen and oxygen atoms in total. The fraction of sp³-hybridized carbons (Fsp3) is 0.0625. The van der Waals surface area contributed by atoms with E-state index in [4.69, 9.17) is 0 Å². The molecule has 0 saturated heterocycles. The van der Waals surface area contributed by atoms with Crippen LogP contribution in [0.25, 0.3) is 22.0 Å². The van der Waals surface area contributed by atoms with Crippen LogP contribution in [0.1, 0.15) is 5.56 Å². The average molecular weight is 235 g/mol. The summed E-state index contributed by atoms with van der Waals surface area (Å²) in [6.45, 7) is 2.05. The minimum atomic E-state index is -0.0630. The summed E-state index contributed by atoms with van der Waals surface area (Å²) in [5.74, 6) is 0. The van der Waals surface area contributed by atoms with Crippen LogP contribution in [-0.4, -0.2) is 4.98 Å². The average Bonchev–Trinajstić information content (AvgIpc) is 2.38. The number of benzene rings is 2. The molecule has 2 aromatic carbocycles. The highest BCUT2D eigenvalue weighted by Gasteiger charge is 2.07. The maximum Gasteiger partial charge on any atom is 0.249 e. The molecule has 0 bridgehead atoms. The van der Waals surface area contributed by atoms with Crippen LogP contribution in [0.2, 0.25) is 0 Å². The fourth-order valence-electron chi connectivity index (χ4n) is 2.28. The van der Waals surface area contributed by atoms with Gasteiger partial charge in [-0.25, -0.2) is 0 Å². The molecule has 1 N–H and O–H groups in total. The number of fused-ring (bicyclic) bond motifs is 1. The summed E-state index contributed by atoms with van der Waals surface area (Å²) in [6, 6.07) is 17.6. The van der Waals surface area contributed by atoms with Crippen LogP contribution >= 0.6 is 0 Å². The van der Waals surface area contributed by atoms with Gasteiger partial charge in [0.15, 0.2) is 0 Å². The second-order valence-corrected chi connectivity index (χ2v) is 4.41. The van der Waals surface area contributed by atoms with Crippen molar-refractivity contribution in [2.45, 2.75) is 6.92 Å². The molecule has 0 aliphatic carbocycles. The van der Waals surface area contributed by atoms with Crippen molar-refractivity contribution in [3.63, 3.8) is 0 Å². The summed E-state index contributed by atoms with van der Waals surface area (Å²) in [5.41, 5.74) is 3.07. The zero-order valence-electron chi connectivity index (χ0n) is 10.1. The Morgan fingerprint density at radius 3 is 2.50 bits per heavy atom. The second-order valence-electron chi connectivity index (χ2n) is 4.41. The molecule has 0 amide bonds. The Morgan fingerprint density at radius 1 is 0.944 bits per heavy atom. The first kappa shape index (κ1) is 10.8. The molecular formula is C16H13NO. The van der Waals surface area contributed by atoms with E-state index in [2.05, 4.69) is 18.0 Å². The van der Waals surface area contributed by atoms with Crippen molar-refractivity contribution in [2.24, 2.45) is 0 Å². The summed E-state index contributed by atoms with van der Waals surface area (Å²) >= 11 is 0. The third-order valence-electron chi connectivity index (χ3n) is 3.18. The van der Waals surface area contributed by atoms with Gasteiger partial charge < -0.3 is 4.98 Å². The fourth-order valence-corrected chi connectivity index (χ4v) is 2.28. The maximum atomic E-state index is 11.7. The molecule has 0 saturated carbocycles. The van der Waals surface area contributed by atoms with Gasteiger partial charge in [-0.3, -0.25) is 4.79 Å². The number of pyridine rings is 1. The normalized spacial score (nSPS) is 10.7. The first-order valence-electron chi connectivity index (χ1n) is 5.94. The van der Waals surface area contributed by atoms with Crippen LogP contribution in [0, 0.1) is 6.92 Å². The van der Waals surface area contributed by atoms with Gasteiger partial charge in [0.2, 0.25) is 5.56 Å². The zero-order valence-corrected chi connectivity index (χ0v) is 10.1. The minimum Gasteiger partial charge on any atom is -0.321 e. The van der Waals surface area contributed by atoms with Crippen LogP contribution in [0.3, 0.4) is 0 Å². The maximum absolute atomic E-state index is 11.7. The van der Waals surface area contributed by atoms with E-state index in [0.29, 0.717) is 0 Å². The molecule has 3 rings (SSSR count). The van der Waals surface area contributed by atoms with Gasteiger partial charge in [0.05, 0.1) is 5.69 Å². The molecule has 0 aliphatic heterocycles. The Hall–Kier alpha value is -2.35. The molecule has 0 radical (unpaired) electrons. The summed E-state index contributed by atoms with van der Waals surface area (Å²) in [6.07, 6.45) is 0. The predicted octanol–water partition coefficient (Wildman–Crippen LogP) is 3.50. The van der Waals surface area contributed by atoms with Crippen molar-refractivity contribution in [3.8, 4) is 11.3 Å². The topological polar surface area (TPSA) is 32.9 Å². The number of hydrogen-bond donors (Lipinski definition) is 1. The van der Waals surface area contributed by atoms with E-state index in [9.17, 15) is 4.79 Å². The molecule has 1 aromatic heterocycles. The highest BCUT2D eigenvalue weighted by molar-refractivity contribution is 5.94. The van der Waals surface area contributed by atoms with Gasteiger partial charge >= 0.3 is 0 Å². The molecule has 88 valence electrons. The standard InChI is InChI=1S/C16H13NO/c1-11-6-2-4-8-13(11)16-14-9-5-3-7-12(14)10-15(18)17-16/h2-10H,1H3,(H,17,18). The van der Waals surface area contributed by atoms with E-state index in [0.717, 1.165) is 27.6 Å². The number of H-pyrrole nitrogens is 1. The Balaban J connectivity index is 2.42. The SMILES string of the molecule is Cc1ccccc1-c1[nH]c(=O)cc2ccccc12. The first-order chi connectivity index (χ1) is 8.75. The third kappa shape index (κ3) is 1.72. The number of aromatic nitrogens is 1. The molecule has 0 unspecified atom stereocenters. The van der Waals surface area contributed by atoms with E-state index in [-0.39, 0.29) is 5.56 Å². The lowest BCUT2D eigenvalue weighted by atomic mass is 10.0. The van der Waals surface area contributed by atoms with Crippen molar-refractivity contribution in [1.82, 2.24) is 4.98 Å². The van der Waals surface area contributed by atoms with Gasteiger partial charge in [-0.2, -0.15) is 0 Å². The van der Waals surface area contributed by atoms with Gasteiger partial charge in [0, 0.05) is 17.0 Å². The predicted molar refractivity (Wildman–Crippen MR) is 74.7 cm³/mol. The summed E-state index contributed by atoms with van der Waals surface area (Å²) in [5, 5.41) is 2.05. The van der Waals surface area contributed by atoms with Gasteiger partial charge in [0.1, 0.15) is 0 Å². The Kier molecular flexibility index (Phi) is 2.49. The van der Waals surface area contributed by atoms with Crippen molar-refractivity contribution in [1.29, 1.82) is 0 Å². The minimum absolute atomic E-state index is 0.0630. The van der Waals surface area contributed by atoms with E-state index in [1.807, 2.05) is 42.5 Å². The quantitative estimate of drug-likeness (QED) is 0.688. The molecule has 0 aliphatic rings. The van der Waals surface area contributed by atoms with Crippen molar-refractivity contribution in [3.05, 3.63) is 70.5 Å². The van der Waals surface area contributed by atoms with Crippen LogP contribution in [-0.2, 0) is 0 Å². The third-order valence-corrected chi connectivity index (χ3v) is 3.18. The summed E-state index contributed by atoms with van der Waals surface area (Å²) in [4.78, 5) is 14.7. The highest BCUT2D eigenvalue weighted by Crippen LogP contribution is 2.27. The van der Waals surface area contributed by atoms with Crippen LogP contribution in [0.5, 0.6) is 0 Å². The van der Waals surface area contributed by atoms with Crippen molar-refractivity contribution >= 4 is 10.8 Å². The molecule has 0 spiro atoms. The first-order valence-corrected chi connectivity index (χ1v) is 5.94. The monoisotopic (exact) mass is 235 g/mol. The Bertz CT molecular complexity index is 771. The smallest absolute Gasteiger partial charge is 0.249 e. The van der Waals surface area contributed by atoms with Gasteiger partial charge in [-0.15, -0.1) is 0 Å². The number of aromatic amines is 1. The Labute approximate surface area is 105 Å². The number of rotatable bonds is 1. The number of hydrogen-bond acceptors (Lipinski definition) is 1. The molecule has 0 atom stereocenters. The van der Waals surface area contributed by atoms with E-state index in [1.54, 1.807) is 6.07 Å². The van der Waals surface area contributed by atoms with Gasteiger partial charge in [-0.1, -0.05) is 48.5 Å². The number of aryl methyl sites for hydroxylation is 1. The molecule has 3 aromatic rings.